The molecule has 3 rings (SSSR count). The second-order valence-corrected chi connectivity index (χ2v) is 7.98. The first kappa shape index (κ1) is 23.5. The summed E-state index contributed by atoms with van der Waals surface area (Å²) in [5.74, 6) is 0.799. The maximum Gasteiger partial charge on any atom is 0.119 e. The van der Waals surface area contributed by atoms with Crippen LogP contribution in [0.4, 0.5) is 0 Å². The third-order valence-corrected chi connectivity index (χ3v) is 5.50. The molecule has 1 aliphatic rings. The van der Waals surface area contributed by atoms with Gasteiger partial charge in [-0.15, -0.1) is 0 Å². The van der Waals surface area contributed by atoms with Gasteiger partial charge in [-0.2, -0.15) is 0 Å². The minimum atomic E-state index is -0.479. The Morgan fingerprint density at radius 3 is 2.74 bits per heavy atom. The number of halogens is 1. The zero-order valence-corrected chi connectivity index (χ0v) is 18.5. The smallest absolute Gasteiger partial charge is 0.119 e. The molecule has 2 N–H and O–H groups in total. The Bertz CT molecular complexity index is 842. The van der Waals surface area contributed by atoms with Gasteiger partial charge in [0.2, 0.25) is 0 Å². The number of ether oxygens (including phenoxy) is 2. The summed E-state index contributed by atoms with van der Waals surface area (Å²) in [6.45, 7) is 2.89. The summed E-state index contributed by atoms with van der Waals surface area (Å²) in [6.07, 6.45) is 2.95. The molecule has 6 nitrogen and oxygen atoms in total. The zero-order valence-electron chi connectivity index (χ0n) is 17.7. The normalized spacial score (nSPS) is 21.4. The van der Waals surface area contributed by atoms with Gasteiger partial charge in [-0.1, -0.05) is 41.0 Å². The summed E-state index contributed by atoms with van der Waals surface area (Å²) in [5, 5.41) is 24.0. The molecule has 7 heteroatoms. The van der Waals surface area contributed by atoms with E-state index in [0.717, 1.165) is 22.4 Å². The molecule has 31 heavy (non-hydrogen) atoms. The van der Waals surface area contributed by atoms with Crippen molar-refractivity contribution < 1.29 is 24.5 Å². The van der Waals surface area contributed by atoms with Gasteiger partial charge in [-0.25, -0.2) is 0 Å². The monoisotopic (exact) mass is 447 g/mol. The van der Waals surface area contributed by atoms with Gasteiger partial charge in [0.15, 0.2) is 0 Å². The Labute approximate surface area is 188 Å². The van der Waals surface area contributed by atoms with Crippen molar-refractivity contribution in [3.63, 3.8) is 0 Å². The van der Waals surface area contributed by atoms with Crippen molar-refractivity contribution in [1.29, 1.82) is 0 Å². The van der Waals surface area contributed by atoms with E-state index in [9.17, 15) is 10.2 Å². The van der Waals surface area contributed by atoms with Crippen LogP contribution in [0.5, 0.6) is 5.75 Å². The molecular weight excluding hydrogens is 418 g/mol. The van der Waals surface area contributed by atoms with Gasteiger partial charge in [0.25, 0.3) is 0 Å². The van der Waals surface area contributed by atoms with Gasteiger partial charge in [0.05, 0.1) is 31.5 Å². The molecule has 1 aliphatic heterocycles. The van der Waals surface area contributed by atoms with Crippen LogP contribution >= 0.6 is 11.6 Å². The molecule has 168 valence electrons. The van der Waals surface area contributed by atoms with E-state index in [2.05, 4.69) is 5.16 Å². The van der Waals surface area contributed by atoms with Crippen LogP contribution in [0.1, 0.15) is 49.0 Å². The quantitative estimate of drug-likeness (QED) is 0.322. The number of oxime groups is 1. The maximum atomic E-state index is 10.1. The van der Waals surface area contributed by atoms with Crippen molar-refractivity contribution in [3.05, 3.63) is 64.2 Å². The average molecular weight is 448 g/mol. The van der Waals surface area contributed by atoms with Crippen molar-refractivity contribution in [2.75, 3.05) is 19.8 Å². The number of benzene rings is 2. The average Bonchev–Trinajstić information content (AvgIpc) is 2.78. The van der Waals surface area contributed by atoms with Crippen molar-refractivity contribution in [2.45, 2.75) is 50.9 Å². The third kappa shape index (κ3) is 7.21. The first-order valence-corrected chi connectivity index (χ1v) is 11.0. The van der Waals surface area contributed by atoms with Crippen molar-refractivity contribution >= 4 is 17.8 Å². The van der Waals surface area contributed by atoms with Gasteiger partial charge in [-0.3, -0.25) is 0 Å². The van der Waals surface area contributed by atoms with E-state index >= 15 is 0 Å². The summed E-state index contributed by atoms with van der Waals surface area (Å²) < 4.78 is 11.6. The molecule has 0 bridgehead atoms. The van der Waals surface area contributed by atoms with Crippen LogP contribution < -0.4 is 4.74 Å². The van der Waals surface area contributed by atoms with Crippen LogP contribution in [0.25, 0.3) is 0 Å². The fraction of sp³-hybridized carbons (Fsp3) is 0.458. The third-order valence-electron chi connectivity index (χ3n) is 5.13. The maximum absolute atomic E-state index is 10.1. The molecule has 1 saturated heterocycles. The van der Waals surface area contributed by atoms with Crippen molar-refractivity contribution in [2.24, 2.45) is 5.16 Å². The van der Waals surface area contributed by atoms with E-state index in [1.54, 1.807) is 6.21 Å². The lowest BCUT2D eigenvalue weighted by Crippen LogP contribution is -2.33. The summed E-state index contributed by atoms with van der Waals surface area (Å²) in [4.78, 5) is 4.90. The second kappa shape index (κ2) is 12.1. The Morgan fingerprint density at radius 1 is 1.19 bits per heavy atom. The Balaban J connectivity index is 1.60. The lowest BCUT2D eigenvalue weighted by Gasteiger charge is -2.32. The number of aliphatic hydroxyl groups excluding tert-OH is 2. The van der Waals surface area contributed by atoms with Gasteiger partial charge >= 0.3 is 0 Å². The van der Waals surface area contributed by atoms with Gasteiger partial charge in [0.1, 0.15) is 12.4 Å². The number of nitrogens with zero attached hydrogens (tertiary/aromatic N) is 1. The minimum absolute atomic E-state index is 0.0955. The lowest BCUT2D eigenvalue weighted by atomic mass is 9.94. The highest BCUT2D eigenvalue weighted by atomic mass is 35.5. The van der Waals surface area contributed by atoms with Crippen LogP contribution in [-0.2, 0) is 16.0 Å². The molecular formula is C24H30ClNO5. The SMILES string of the molecule is CCO/N=C/CCOc1ccc(Cc2cc(C3CC(O)CC(CO)O3)ccc2Cl)cc1. The van der Waals surface area contributed by atoms with Crippen LogP contribution in [0.2, 0.25) is 5.02 Å². The van der Waals surface area contributed by atoms with Gasteiger partial charge in [0, 0.05) is 30.5 Å². The minimum Gasteiger partial charge on any atom is -0.493 e. The second-order valence-electron chi connectivity index (χ2n) is 7.57. The summed E-state index contributed by atoms with van der Waals surface area (Å²) in [5.41, 5.74) is 3.07. The van der Waals surface area contributed by atoms with Crippen LogP contribution in [0, 0.1) is 0 Å². The number of hydrogen-bond donors (Lipinski definition) is 2. The largest absolute Gasteiger partial charge is 0.493 e. The fourth-order valence-corrected chi connectivity index (χ4v) is 3.77. The number of hydrogen-bond acceptors (Lipinski definition) is 6. The molecule has 1 heterocycles. The number of aliphatic hydroxyl groups is 2. The van der Waals surface area contributed by atoms with Crippen LogP contribution in [0.15, 0.2) is 47.6 Å². The molecule has 0 aliphatic carbocycles. The molecule has 2 aromatic rings. The van der Waals surface area contributed by atoms with E-state index in [4.69, 9.17) is 25.9 Å². The predicted octanol–water partition coefficient (Wildman–Crippen LogP) is 4.30. The van der Waals surface area contributed by atoms with Gasteiger partial charge < -0.3 is 24.5 Å². The predicted molar refractivity (Wildman–Crippen MR) is 121 cm³/mol. The van der Waals surface area contributed by atoms with Crippen LogP contribution in [0.3, 0.4) is 0 Å². The molecule has 2 aromatic carbocycles. The highest BCUT2D eigenvalue weighted by molar-refractivity contribution is 6.31. The Morgan fingerprint density at radius 2 is 2.00 bits per heavy atom. The molecule has 3 unspecified atom stereocenters. The van der Waals surface area contributed by atoms with E-state index in [1.807, 2.05) is 49.4 Å². The summed E-state index contributed by atoms with van der Waals surface area (Å²) in [6, 6.07) is 13.8. The molecule has 0 spiro atoms. The number of rotatable bonds is 10. The molecule has 0 radical (unpaired) electrons. The highest BCUT2D eigenvalue weighted by Gasteiger charge is 2.29. The first-order valence-electron chi connectivity index (χ1n) is 10.7. The highest BCUT2D eigenvalue weighted by Crippen LogP contribution is 2.33. The topological polar surface area (TPSA) is 80.5 Å². The zero-order chi connectivity index (χ0) is 22.1. The lowest BCUT2D eigenvalue weighted by molar-refractivity contribution is -0.113. The Kier molecular flexibility index (Phi) is 9.15. The fourth-order valence-electron chi connectivity index (χ4n) is 3.59. The summed E-state index contributed by atoms with van der Waals surface area (Å²) >= 11 is 6.44. The standard InChI is InChI=1S/C24H30ClNO5/c1-2-30-26-10-3-11-29-21-7-4-17(5-8-21)12-19-13-18(6-9-23(19)25)24-15-20(28)14-22(16-27)31-24/h4-10,13,20,22,24,27-28H,2-3,11-12,14-16H2,1H3/b26-10+. The molecule has 0 aromatic heterocycles. The van der Waals surface area contributed by atoms with E-state index < -0.39 is 6.10 Å². The van der Waals surface area contributed by atoms with E-state index in [-0.39, 0.29) is 18.8 Å². The molecule has 1 fully saturated rings. The molecule has 0 amide bonds. The molecule has 3 atom stereocenters. The van der Waals surface area contributed by atoms with Crippen molar-refractivity contribution in [1.82, 2.24) is 0 Å². The molecule has 0 saturated carbocycles. The van der Waals surface area contributed by atoms with E-state index in [1.165, 1.54) is 0 Å². The Hall–Kier alpha value is -2.12. The van der Waals surface area contributed by atoms with Gasteiger partial charge in [-0.05, 0) is 48.2 Å². The summed E-state index contributed by atoms with van der Waals surface area (Å²) in [7, 11) is 0. The van der Waals surface area contributed by atoms with Crippen LogP contribution in [-0.4, -0.2) is 48.5 Å². The van der Waals surface area contributed by atoms with E-state index in [0.29, 0.717) is 43.9 Å². The van der Waals surface area contributed by atoms with Crippen molar-refractivity contribution in [3.8, 4) is 5.75 Å². The first-order chi connectivity index (χ1) is 15.1.